The van der Waals surface area contributed by atoms with Gasteiger partial charge in [-0.3, -0.25) is 4.79 Å². The average Bonchev–Trinajstić information content (AvgIpc) is 2.54. The number of amides is 1. The Bertz CT molecular complexity index is 552. The zero-order valence-corrected chi connectivity index (χ0v) is 16.1. The number of halogens is 1. The maximum absolute atomic E-state index is 12.1. The van der Waals surface area contributed by atoms with Crippen LogP contribution in [0.5, 0.6) is 0 Å². The van der Waals surface area contributed by atoms with Gasteiger partial charge < -0.3 is 14.7 Å². The lowest BCUT2D eigenvalue weighted by Gasteiger charge is -2.34. The summed E-state index contributed by atoms with van der Waals surface area (Å²) in [7, 11) is 7.76. The molecule has 0 bridgehead atoms. The largest absolute Gasteiger partial charge is 0.371 e. The average molecular weight is 352 g/mol. The Kier molecular flexibility index (Phi) is 6.93. The molecule has 1 aliphatic rings. The summed E-state index contributed by atoms with van der Waals surface area (Å²) in [5.74, 6) is 0.789. The monoisotopic (exact) mass is 351 g/mol. The van der Waals surface area contributed by atoms with Crippen molar-refractivity contribution in [2.75, 3.05) is 52.7 Å². The van der Waals surface area contributed by atoms with Crippen LogP contribution in [0.25, 0.3) is 0 Å². The van der Waals surface area contributed by atoms with Crippen LogP contribution < -0.4 is 4.90 Å². The van der Waals surface area contributed by atoms with E-state index in [4.69, 9.17) is 11.6 Å². The molecule has 4 nitrogen and oxygen atoms in total. The Morgan fingerprint density at radius 3 is 2.42 bits per heavy atom. The molecule has 1 saturated heterocycles. The second kappa shape index (κ2) is 8.72. The van der Waals surface area contributed by atoms with Gasteiger partial charge in [-0.05, 0) is 70.4 Å². The standard InChI is InChI=1S/C19H30ClN3O/c1-21(2)11-5-6-15-9-12-23(13-10-15)16-7-8-17(18(20)14-16)19(24)22(3)4/h7-8,14-15H,5-6,9-13H2,1-4H3. The van der Waals surface area contributed by atoms with E-state index in [1.807, 2.05) is 18.2 Å². The van der Waals surface area contributed by atoms with E-state index in [0.717, 1.165) is 24.7 Å². The van der Waals surface area contributed by atoms with E-state index < -0.39 is 0 Å². The van der Waals surface area contributed by atoms with E-state index in [0.29, 0.717) is 10.6 Å². The maximum atomic E-state index is 12.1. The fourth-order valence-corrected chi connectivity index (χ4v) is 3.55. The van der Waals surface area contributed by atoms with Crippen LogP contribution >= 0.6 is 11.6 Å². The Labute approximate surface area is 151 Å². The van der Waals surface area contributed by atoms with Gasteiger partial charge in [-0.15, -0.1) is 0 Å². The number of carbonyl (C=O) groups is 1. The predicted octanol–water partition coefficient (Wildman–Crippen LogP) is 3.60. The summed E-state index contributed by atoms with van der Waals surface area (Å²) in [4.78, 5) is 18.3. The molecule has 0 saturated carbocycles. The number of piperidine rings is 1. The number of benzene rings is 1. The Morgan fingerprint density at radius 1 is 1.21 bits per heavy atom. The van der Waals surface area contributed by atoms with Crippen molar-refractivity contribution in [1.82, 2.24) is 9.80 Å². The highest BCUT2D eigenvalue weighted by atomic mass is 35.5. The minimum atomic E-state index is -0.0499. The summed E-state index contributed by atoms with van der Waals surface area (Å²) in [5, 5.41) is 0.541. The van der Waals surface area contributed by atoms with E-state index >= 15 is 0 Å². The molecule has 0 unspecified atom stereocenters. The molecule has 5 heteroatoms. The van der Waals surface area contributed by atoms with Crippen molar-refractivity contribution in [3.63, 3.8) is 0 Å². The third-order valence-electron chi connectivity index (χ3n) is 4.79. The normalized spacial score (nSPS) is 15.8. The van der Waals surface area contributed by atoms with Crippen LogP contribution in [-0.2, 0) is 0 Å². The van der Waals surface area contributed by atoms with Crippen LogP contribution in [0.3, 0.4) is 0 Å². The Morgan fingerprint density at radius 2 is 1.88 bits per heavy atom. The molecule has 1 amide bonds. The molecule has 1 aromatic carbocycles. The van der Waals surface area contributed by atoms with Crippen LogP contribution in [0.1, 0.15) is 36.0 Å². The van der Waals surface area contributed by atoms with E-state index in [1.54, 1.807) is 19.0 Å². The molecule has 134 valence electrons. The van der Waals surface area contributed by atoms with Crippen LogP contribution in [0.4, 0.5) is 5.69 Å². The molecule has 0 aliphatic carbocycles. The molecular weight excluding hydrogens is 322 g/mol. The minimum absolute atomic E-state index is 0.0499. The highest BCUT2D eigenvalue weighted by molar-refractivity contribution is 6.34. The number of hydrogen-bond donors (Lipinski definition) is 0. The number of anilines is 1. The van der Waals surface area contributed by atoms with Crippen molar-refractivity contribution in [3.8, 4) is 0 Å². The lowest BCUT2D eigenvalue weighted by atomic mass is 9.92. The summed E-state index contributed by atoms with van der Waals surface area (Å²) in [6, 6.07) is 5.81. The topological polar surface area (TPSA) is 26.8 Å². The maximum Gasteiger partial charge on any atom is 0.254 e. The number of rotatable bonds is 6. The number of carbonyl (C=O) groups excluding carboxylic acids is 1. The molecule has 1 aliphatic heterocycles. The van der Waals surface area contributed by atoms with E-state index in [2.05, 4.69) is 23.9 Å². The molecule has 1 aromatic rings. The quantitative estimate of drug-likeness (QED) is 0.783. The molecule has 0 aromatic heterocycles. The second-order valence-corrected chi connectivity index (χ2v) is 7.65. The summed E-state index contributed by atoms with van der Waals surface area (Å²) in [6.45, 7) is 3.32. The molecule has 0 N–H and O–H groups in total. The van der Waals surface area contributed by atoms with Gasteiger partial charge in [-0.25, -0.2) is 0 Å². The smallest absolute Gasteiger partial charge is 0.254 e. The predicted molar refractivity (Wildman–Crippen MR) is 102 cm³/mol. The molecular formula is C19H30ClN3O. The van der Waals surface area contributed by atoms with Gasteiger partial charge in [0, 0.05) is 32.9 Å². The zero-order valence-electron chi connectivity index (χ0n) is 15.4. The van der Waals surface area contributed by atoms with Gasteiger partial charge in [0.2, 0.25) is 0 Å². The van der Waals surface area contributed by atoms with Gasteiger partial charge in [-0.1, -0.05) is 11.6 Å². The molecule has 0 atom stereocenters. The van der Waals surface area contributed by atoms with E-state index in [9.17, 15) is 4.79 Å². The highest BCUT2D eigenvalue weighted by Gasteiger charge is 2.20. The Balaban J connectivity index is 1.90. The molecule has 1 fully saturated rings. The lowest BCUT2D eigenvalue weighted by Crippen LogP contribution is -2.34. The first-order chi connectivity index (χ1) is 11.4. The summed E-state index contributed by atoms with van der Waals surface area (Å²) >= 11 is 6.34. The third-order valence-corrected chi connectivity index (χ3v) is 5.10. The first-order valence-electron chi connectivity index (χ1n) is 8.79. The second-order valence-electron chi connectivity index (χ2n) is 7.24. The van der Waals surface area contributed by atoms with Gasteiger partial charge in [0.1, 0.15) is 0 Å². The third kappa shape index (κ3) is 5.12. The van der Waals surface area contributed by atoms with Crippen LogP contribution in [0.2, 0.25) is 5.02 Å². The van der Waals surface area contributed by atoms with Crippen molar-refractivity contribution >= 4 is 23.2 Å². The van der Waals surface area contributed by atoms with Gasteiger partial charge in [0.25, 0.3) is 5.91 Å². The van der Waals surface area contributed by atoms with Crippen molar-refractivity contribution in [1.29, 1.82) is 0 Å². The van der Waals surface area contributed by atoms with Gasteiger partial charge >= 0.3 is 0 Å². The van der Waals surface area contributed by atoms with Crippen LogP contribution in [0.15, 0.2) is 18.2 Å². The van der Waals surface area contributed by atoms with E-state index in [1.165, 1.54) is 32.2 Å². The first-order valence-corrected chi connectivity index (χ1v) is 9.17. The lowest BCUT2D eigenvalue weighted by molar-refractivity contribution is 0.0828. The zero-order chi connectivity index (χ0) is 17.7. The van der Waals surface area contributed by atoms with Gasteiger partial charge in [0.05, 0.1) is 10.6 Å². The van der Waals surface area contributed by atoms with Gasteiger partial charge in [0.15, 0.2) is 0 Å². The minimum Gasteiger partial charge on any atom is -0.371 e. The fourth-order valence-electron chi connectivity index (χ4n) is 3.29. The van der Waals surface area contributed by atoms with E-state index in [-0.39, 0.29) is 5.91 Å². The molecule has 0 spiro atoms. The van der Waals surface area contributed by atoms with Crippen molar-refractivity contribution < 1.29 is 4.79 Å². The SMILES string of the molecule is CN(C)CCCC1CCN(c2ccc(C(=O)N(C)C)c(Cl)c2)CC1. The first kappa shape index (κ1) is 19.1. The Hall–Kier alpha value is -1.26. The number of hydrogen-bond acceptors (Lipinski definition) is 3. The fraction of sp³-hybridized carbons (Fsp3) is 0.632. The molecule has 1 heterocycles. The van der Waals surface area contributed by atoms with Crippen molar-refractivity contribution in [2.24, 2.45) is 5.92 Å². The highest BCUT2D eigenvalue weighted by Crippen LogP contribution is 2.29. The number of nitrogens with zero attached hydrogens (tertiary/aromatic N) is 3. The van der Waals surface area contributed by atoms with Crippen molar-refractivity contribution in [3.05, 3.63) is 28.8 Å². The summed E-state index contributed by atoms with van der Waals surface area (Å²) < 4.78 is 0. The van der Waals surface area contributed by atoms with Crippen LogP contribution in [-0.4, -0.2) is 63.5 Å². The van der Waals surface area contributed by atoms with Crippen LogP contribution in [0, 0.1) is 5.92 Å². The van der Waals surface area contributed by atoms with Gasteiger partial charge in [-0.2, -0.15) is 0 Å². The summed E-state index contributed by atoms with van der Waals surface area (Å²) in [5.41, 5.74) is 1.70. The summed E-state index contributed by atoms with van der Waals surface area (Å²) in [6.07, 6.45) is 5.08. The molecule has 2 rings (SSSR count). The molecule has 0 radical (unpaired) electrons. The van der Waals surface area contributed by atoms with Crippen molar-refractivity contribution in [2.45, 2.75) is 25.7 Å². The molecule has 24 heavy (non-hydrogen) atoms.